The lowest BCUT2D eigenvalue weighted by atomic mass is 9.82. The third-order valence-electron chi connectivity index (χ3n) is 3.53. The van der Waals surface area contributed by atoms with Crippen LogP contribution in [0, 0.1) is 11.8 Å². The van der Waals surface area contributed by atoms with Crippen LogP contribution < -0.4 is 10.6 Å². The Bertz CT molecular complexity index is 295. The molecule has 1 fully saturated rings. The van der Waals surface area contributed by atoms with Gasteiger partial charge in [-0.1, -0.05) is 19.8 Å². The maximum Gasteiger partial charge on any atom is 0.390 e. The van der Waals surface area contributed by atoms with Crippen LogP contribution >= 0.6 is 24.0 Å². The molecular formula is C13H25F3IN3. The fourth-order valence-corrected chi connectivity index (χ4v) is 2.53. The molecule has 0 heterocycles. The van der Waals surface area contributed by atoms with Crippen molar-refractivity contribution in [2.24, 2.45) is 16.8 Å². The van der Waals surface area contributed by atoms with Crippen LogP contribution in [0.25, 0.3) is 0 Å². The third-order valence-corrected chi connectivity index (χ3v) is 3.53. The van der Waals surface area contributed by atoms with Crippen molar-refractivity contribution in [1.82, 2.24) is 10.6 Å². The standard InChI is InChI=1S/C13H24F3N3.HI/c1-10-4-3-5-11(8-10)9-19-12(17-2)18-7-6-13(14,15)16;/h10-11H,3-9H2,1-2H3,(H2,17,18,19);1H. The van der Waals surface area contributed by atoms with Crippen molar-refractivity contribution < 1.29 is 13.2 Å². The van der Waals surface area contributed by atoms with Crippen molar-refractivity contribution in [3.63, 3.8) is 0 Å². The van der Waals surface area contributed by atoms with E-state index in [4.69, 9.17) is 0 Å². The number of hydrogen-bond acceptors (Lipinski definition) is 1. The van der Waals surface area contributed by atoms with Crippen molar-refractivity contribution in [3.8, 4) is 0 Å². The Labute approximate surface area is 136 Å². The summed E-state index contributed by atoms with van der Waals surface area (Å²) in [6.45, 7) is 2.91. The van der Waals surface area contributed by atoms with Crippen molar-refractivity contribution in [3.05, 3.63) is 0 Å². The van der Waals surface area contributed by atoms with E-state index in [1.807, 2.05) is 0 Å². The Morgan fingerprint density at radius 3 is 2.50 bits per heavy atom. The first-order valence-corrected chi connectivity index (χ1v) is 6.92. The first-order chi connectivity index (χ1) is 8.90. The monoisotopic (exact) mass is 407 g/mol. The Hall–Kier alpha value is -0.210. The Morgan fingerprint density at radius 1 is 1.25 bits per heavy atom. The van der Waals surface area contributed by atoms with E-state index in [0.717, 1.165) is 12.5 Å². The molecule has 1 saturated carbocycles. The fourth-order valence-electron chi connectivity index (χ4n) is 2.53. The maximum atomic E-state index is 12.0. The van der Waals surface area contributed by atoms with Gasteiger partial charge in [-0.3, -0.25) is 4.99 Å². The second-order valence-corrected chi connectivity index (χ2v) is 5.38. The van der Waals surface area contributed by atoms with Gasteiger partial charge in [0, 0.05) is 20.1 Å². The van der Waals surface area contributed by atoms with Crippen LogP contribution in [0.2, 0.25) is 0 Å². The number of rotatable bonds is 4. The average molecular weight is 407 g/mol. The highest BCUT2D eigenvalue weighted by molar-refractivity contribution is 14.0. The van der Waals surface area contributed by atoms with Gasteiger partial charge in [0.05, 0.1) is 6.42 Å². The van der Waals surface area contributed by atoms with Gasteiger partial charge in [-0.05, 0) is 24.7 Å². The molecule has 20 heavy (non-hydrogen) atoms. The summed E-state index contributed by atoms with van der Waals surface area (Å²) in [5, 5.41) is 5.81. The van der Waals surface area contributed by atoms with Crippen LogP contribution in [-0.4, -0.2) is 32.3 Å². The topological polar surface area (TPSA) is 36.4 Å². The number of halogens is 4. The van der Waals surface area contributed by atoms with Crippen LogP contribution in [0.5, 0.6) is 0 Å². The molecule has 0 aliphatic heterocycles. The molecule has 0 radical (unpaired) electrons. The SMILES string of the molecule is CN=C(NCCC(F)(F)F)NCC1CCCC(C)C1.I. The lowest BCUT2D eigenvalue weighted by Gasteiger charge is -2.27. The summed E-state index contributed by atoms with van der Waals surface area (Å²) < 4.78 is 36.1. The summed E-state index contributed by atoms with van der Waals surface area (Å²) in [7, 11) is 1.58. The highest BCUT2D eigenvalue weighted by atomic mass is 127. The first-order valence-electron chi connectivity index (χ1n) is 6.92. The van der Waals surface area contributed by atoms with Gasteiger partial charge in [0.1, 0.15) is 0 Å². The van der Waals surface area contributed by atoms with Crippen LogP contribution in [0.4, 0.5) is 13.2 Å². The predicted octanol–water partition coefficient (Wildman–Crippen LogP) is 3.55. The van der Waals surface area contributed by atoms with Gasteiger partial charge in [0.25, 0.3) is 0 Å². The summed E-state index contributed by atoms with van der Waals surface area (Å²) in [5.74, 6) is 1.81. The van der Waals surface area contributed by atoms with E-state index in [0.29, 0.717) is 11.9 Å². The lowest BCUT2D eigenvalue weighted by Crippen LogP contribution is -2.41. The van der Waals surface area contributed by atoms with E-state index in [9.17, 15) is 13.2 Å². The molecular weight excluding hydrogens is 382 g/mol. The summed E-state index contributed by atoms with van der Waals surface area (Å²) in [4.78, 5) is 3.94. The molecule has 1 aliphatic carbocycles. The van der Waals surface area contributed by atoms with Crippen molar-refractivity contribution in [2.75, 3.05) is 20.1 Å². The lowest BCUT2D eigenvalue weighted by molar-refractivity contribution is -0.132. The zero-order chi connectivity index (χ0) is 14.3. The second-order valence-electron chi connectivity index (χ2n) is 5.38. The minimum absolute atomic E-state index is 0. The smallest absolute Gasteiger partial charge is 0.356 e. The zero-order valence-corrected chi connectivity index (χ0v) is 14.4. The predicted molar refractivity (Wildman–Crippen MR) is 86.6 cm³/mol. The molecule has 0 aromatic rings. The second kappa shape index (κ2) is 9.68. The number of nitrogens with zero attached hydrogens (tertiary/aromatic N) is 1. The Balaban J connectivity index is 0.00000361. The van der Waals surface area contributed by atoms with E-state index in [2.05, 4.69) is 22.5 Å². The van der Waals surface area contributed by atoms with E-state index in [-0.39, 0.29) is 30.5 Å². The molecule has 1 rings (SSSR count). The molecule has 0 aromatic carbocycles. The van der Waals surface area contributed by atoms with Crippen LogP contribution in [0.15, 0.2) is 4.99 Å². The van der Waals surface area contributed by atoms with Gasteiger partial charge in [0.15, 0.2) is 5.96 Å². The molecule has 3 nitrogen and oxygen atoms in total. The minimum atomic E-state index is -4.12. The molecule has 2 atom stereocenters. The van der Waals surface area contributed by atoms with Crippen molar-refractivity contribution in [1.29, 1.82) is 0 Å². The maximum absolute atomic E-state index is 12.0. The van der Waals surface area contributed by atoms with E-state index in [1.165, 1.54) is 25.7 Å². The molecule has 2 unspecified atom stereocenters. The third kappa shape index (κ3) is 8.86. The van der Waals surface area contributed by atoms with E-state index in [1.54, 1.807) is 7.05 Å². The number of guanidine groups is 1. The summed E-state index contributed by atoms with van der Waals surface area (Å²) in [6.07, 6.45) is -0.0507. The molecule has 120 valence electrons. The molecule has 0 aromatic heterocycles. The number of alkyl halides is 3. The highest BCUT2D eigenvalue weighted by Gasteiger charge is 2.26. The van der Waals surface area contributed by atoms with Crippen LogP contribution in [-0.2, 0) is 0 Å². The van der Waals surface area contributed by atoms with Gasteiger partial charge in [-0.25, -0.2) is 0 Å². The van der Waals surface area contributed by atoms with Crippen molar-refractivity contribution >= 4 is 29.9 Å². The van der Waals surface area contributed by atoms with Crippen LogP contribution in [0.3, 0.4) is 0 Å². The molecule has 0 saturated heterocycles. The zero-order valence-electron chi connectivity index (χ0n) is 12.1. The van der Waals surface area contributed by atoms with E-state index < -0.39 is 12.6 Å². The van der Waals surface area contributed by atoms with Gasteiger partial charge in [-0.2, -0.15) is 13.2 Å². The number of hydrogen-bond donors (Lipinski definition) is 2. The molecule has 0 amide bonds. The molecule has 0 spiro atoms. The average Bonchev–Trinajstić information content (AvgIpc) is 2.32. The minimum Gasteiger partial charge on any atom is -0.356 e. The number of aliphatic imine (C=N–C) groups is 1. The van der Waals surface area contributed by atoms with Crippen LogP contribution in [0.1, 0.15) is 39.0 Å². The van der Waals surface area contributed by atoms with Gasteiger partial charge < -0.3 is 10.6 Å². The van der Waals surface area contributed by atoms with Gasteiger partial charge in [-0.15, -0.1) is 24.0 Å². The molecule has 1 aliphatic rings. The first kappa shape index (κ1) is 19.8. The largest absolute Gasteiger partial charge is 0.390 e. The molecule has 0 bridgehead atoms. The van der Waals surface area contributed by atoms with E-state index >= 15 is 0 Å². The quantitative estimate of drug-likeness (QED) is 0.425. The summed E-state index contributed by atoms with van der Waals surface area (Å²) in [6, 6.07) is 0. The highest BCUT2D eigenvalue weighted by Crippen LogP contribution is 2.27. The van der Waals surface area contributed by atoms with Gasteiger partial charge >= 0.3 is 6.18 Å². The summed E-state index contributed by atoms with van der Waals surface area (Å²) in [5.41, 5.74) is 0. The summed E-state index contributed by atoms with van der Waals surface area (Å²) >= 11 is 0. The fraction of sp³-hybridized carbons (Fsp3) is 0.923. The molecule has 2 N–H and O–H groups in total. The normalized spacial score (nSPS) is 23.9. The van der Waals surface area contributed by atoms with Crippen molar-refractivity contribution in [2.45, 2.75) is 45.2 Å². The Morgan fingerprint density at radius 2 is 1.95 bits per heavy atom. The molecule has 7 heteroatoms. The number of nitrogens with one attached hydrogen (secondary N) is 2. The Kier molecular flexibility index (Phi) is 9.58. The van der Waals surface area contributed by atoms with Gasteiger partial charge in [0.2, 0.25) is 0 Å².